The zero-order valence-electron chi connectivity index (χ0n) is 11.2. The summed E-state index contributed by atoms with van der Waals surface area (Å²) in [6.07, 6.45) is 18.6. The second-order valence-corrected chi connectivity index (χ2v) is 6.75. The van der Waals surface area contributed by atoms with Gasteiger partial charge in [0.2, 0.25) is 0 Å². The summed E-state index contributed by atoms with van der Waals surface area (Å²) in [7, 11) is 0. The molecule has 3 rings (SSSR count). The zero-order valence-corrected chi connectivity index (χ0v) is 12.9. The molecule has 0 N–H and O–H groups in total. The summed E-state index contributed by atoms with van der Waals surface area (Å²) in [4.78, 5) is 0. The third kappa shape index (κ3) is 2.53. The zero-order chi connectivity index (χ0) is 12.4. The van der Waals surface area contributed by atoms with E-state index in [-0.39, 0.29) is 0 Å². The molecule has 0 atom stereocenters. The molecule has 2 fully saturated rings. The van der Waals surface area contributed by atoms with Gasteiger partial charge in [-0.1, -0.05) is 0 Å². The summed E-state index contributed by atoms with van der Waals surface area (Å²) in [5.74, 6) is 0. The summed E-state index contributed by atoms with van der Waals surface area (Å²) in [6, 6.07) is 1.50. The summed E-state index contributed by atoms with van der Waals surface area (Å²) < 4.78 is 6.38. The van der Waals surface area contributed by atoms with E-state index >= 15 is 0 Å². The Kier molecular flexibility index (Phi) is 4.10. The molecule has 18 heavy (non-hydrogen) atoms. The van der Waals surface area contributed by atoms with Gasteiger partial charge in [-0.2, -0.15) is 0 Å². The Labute approximate surface area is 118 Å². The van der Waals surface area contributed by atoms with E-state index < -0.39 is 0 Å². The number of nitrogens with zero attached hydrogens (tertiary/aromatic N) is 2. The van der Waals surface area contributed by atoms with Gasteiger partial charge >= 0.3 is 118 Å². The van der Waals surface area contributed by atoms with E-state index in [9.17, 15) is 0 Å². The molecule has 1 aromatic rings. The molecule has 2 aliphatic carbocycles. The normalized spacial score (nSPS) is 23.3. The van der Waals surface area contributed by atoms with Crippen LogP contribution in [0.1, 0.15) is 76.3 Å². The van der Waals surface area contributed by atoms with E-state index in [0.29, 0.717) is 0 Å². The molecule has 1 heterocycles. The van der Waals surface area contributed by atoms with Gasteiger partial charge in [0.25, 0.3) is 0 Å². The van der Waals surface area contributed by atoms with Crippen molar-refractivity contribution in [3.05, 3.63) is 16.7 Å². The SMILES string of the molecule is [Se]=c1n(C2CCCCC2)ccn1C1CCCCC1. The van der Waals surface area contributed by atoms with Crippen LogP contribution in [-0.4, -0.2) is 24.7 Å². The first-order chi connectivity index (χ1) is 8.86. The van der Waals surface area contributed by atoms with Crippen LogP contribution in [0.15, 0.2) is 12.4 Å². The Morgan fingerprint density at radius 3 is 1.50 bits per heavy atom. The second-order valence-electron chi connectivity index (χ2n) is 5.98. The minimum absolute atomic E-state index is 0.750. The van der Waals surface area contributed by atoms with Crippen LogP contribution in [0.2, 0.25) is 0 Å². The fraction of sp³-hybridized carbons (Fsp3) is 0.800. The van der Waals surface area contributed by atoms with Gasteiger partial charge in [0.05, 0.1) is 0 Å². The van der Waals surface area contributed by atoms with Crippen LogP contribution in [-0.2, 0) is 0 Å². The predicted octanol–water partition coefficient (Wildman–Crippen LogP) is 4.00. The standard InChI is InChI=1S/C15H24N2Se/c18-15-16(13-7-3-1-4-8-13)11-12-17(15)14-9-5-2-6-10-14/h11-14H,1-10H2. The Balaban J connectivity index is 1.80. The van der Waals surface area contributed by atoms with Crippen molar-refractivity contribution >= 4 is 15.6 Å². The summed E-state index contributed by atoms with van der Waals surface area (Å²) in [5.41, 5.74) is 0. The van der Waals surface area contributed by atoms with E-state index in [1.165, 1.54) is 68.5 Å². The Morgan fingerprint density at radius 2 is 1.11 bits per heavy atom. The number of hydrogen-bond acceptors (Lipinski definition) is 0. The number of hydrogen-bond donors (Lipinski definition) is 0. The van der Waals surface area contributed by atoms with Crippen molar-refractivity contribution in [3.8, 4) is 0 Å². The molecule has 2 saturated carbocycles. The van der Waals surface area contributed by atoms with Crippen LogP contribution < -0.4 is 0 Å². The van der Waals surface area contributed by atoms with Gasteiger partial charge in [-0.25, -0.2) is 0 Å². The van der Waals surface area contributed by atoms with Crippen LogP contribution in [0.3, 0.4) is 0 Å². The van der Waals surface area contributed by atoms with Gasteiger partial charge in [0.1, 0.15) is 0 Å². The minimum atomic E-state index is 0.750. The first-order valence-electron chi connectivity index (χ1n) is 7.65. The molecule has 100 valence electrons. The van der Waals surface area contributed by atoms with Gasteiger partial charge in [-0.05, 0) is 0 Å². The molecular weight excluding hydrogens is 287 g/mol. The van der Waals surface area contributed by atoms with Crippen LogP contribution in [0, 0.1) is 4.32 Å². The van der Waals surface area contributed by atoms with Gasteiger partial charge in [-0.15, -0.1) is 0 Å². The fourth-order valence-electron chi connectivity index (χ4n) is 3.68. The van der Waals surface area contributed by atoms with E-state index in [1.807, 2.05) is 0 Å². The van der Waals surface area contributed by atoms with Crippen LogP contribution in [0.4, 0.5) is 0 Å². The Morgan fingerprint density at radius 1 is 0.722 bits per heavy atom. The second kappa shape index (κ2) is 5.79. The maximum absolute atomic E-state index is 3.34. The van der Waals surface area contributed by atoms with E-state index in [2.05, 4.69) is 37.1 Å². The van der Waals surface area contributed by atoms with Crippen LogP contribution >= 0.6 is 0 Å². The molecule has 0 bridgehead atoms. The maximum atomic E-state index is 3.34. The first kappa shape index (κ1) is 12.7. The monoisotopic (exact) mass is 312 g/mol. The number of imidazole rings is 1. The summed E-state index contributed by atoms with van der Waals surface area (Å²) in [6.45, 7) is 0. The summed E-state index contributed by atoms with van der Waals surface area (Å²) >= 11 is 3.34. The van der Waals surface area contributed by atoms with E-state index in [0.717, 1.165) is 12.1 Å². The fourth-order valence-corrected chi connectivity index (χ4v) is 4.56. The molecule has 0 radical (unpaired) electrons. The van der Waals surface area contributed by atoms with Crippen molar-refractivity contribution in [3.63, 3.8) is 0 Å². The van der Waals surface area contributed by atoms with Gasteiger partial charge in [0, 0.05) is 0 Å². The Bertz CT molecular complexity index is 395. The van der Waals surface area contributed by atoms with Gasteiger partial charge < -0.3 is 0 Å². The van der Waals surface area contributed by atoms with Gasteiger partial charge in [0.15, 0.2) is 0 Å². The van der Waals surface area contributed by atoms with Crippen LogP contribution in [0.5, 0.6) is 0 Å². The third-order valence-corrected chi connectivity index (χ3v) is 5.65. The van der Waals surface area contributed by atoms with Gasteiger partial charge in [-0.3, -0.25) is 0 Å². The molecule has 0 amide bonds. The molecule has 0 aromatic carbocycles. The average Bonchev–Trinajstić information content (AvgIpc) is 2.83. The molecule has 0 unspecified atom stereocenters. The van der Waals surface area contributed by atoms with Crippen molar-refractivity contribution in [1.82, 2.24) is 9.13 Å². The molecule has 2 aliphatic rings. The van der Waals surface area contributed by atoms with Crippen molar-refractivity contribution in [2.45, 2.75) is 76.3 Å². The predicted molar refractivity (Wildman–Crippen MR) is 75.7 cm³/mol. The third-order valence-electron chi connectivity index (χ3n) is 4.77. The molecule has 0 saturated heterocycles. The summed E-state index contributed by atoms with van der Waals surface area (Å²) in [5, 5.41) is 0. The van der Waals surface area contributed by atoms with Crippen molar-refractivity contribution in [2.24, 2.45) is 0 Å². The quantitative estimate of drug-likeness (QED) is 0.731. The topological polar surface area (TPSA) is 9.86 Å². The molecule has 2 nitrogen and oxygen atoms in total. The number of rotatable bonds is 2. The molecule has 3 heteroatoms. The number of aromatic nitrogens is 2. The molecule has 0 spiro atoms. The molecule has 1 aromatic heterocycles. The average molecular weight is 311 g/mol. The van der Waals surface area contributed by atoms with Crippen molar-refractivity contribution in [1.29, 1.82) is 0 Å². The first-order valence-corrected chi connectivity index (χ1v) is 8.51. The van der Waals surface area contributed by atoms with E-state index in [1.54, 1.807) is 0 Å². The van der Waals surface area contributed by atoms with E-state index in [4.69, 9.17) is 0 Å². The van der Waals surface area contributed by atoms with Crippen molar-refractivity contribution < 1.29 is 0 Å². The van der Waals surface area contributed by atoms with Crippen molar-refractivity contribution in [2.75, 3.05) is 0 Å². The molecule has 0 aliphatic heterocycles. The Hall–Kier alpha value is -0.271. The molecular formula is C15H24N2Se. The van der Waals surface area contributed by atoms with Crippen LogP contribution in [0.25, 0.3) is 0 Å².